The van der Waals surface area contributed by atoms with E-state index in [1.54, 1.807) is 0 Å². The third-order valence-electron chi connectivity index (χ3n) is 11.4. The number of rotatable bonds is 5. The van der Waals surface area contributed by atoms with Crippen molar-refractivity contribution < 1.29 is 4.42 Å². The molecule has 58 heavy (non-hydrogen) atoms. The first kappa shape index (κ1) is 32.4. The van der Waals surface area contributed by atoms with E-state index < -0.39 is 0 Å². The number of para-hydroxylation sites is 1. The molecule has 0 bridgehead atoms. The Hall–Kier alpha value is -7.89. The van der Waals surface area contributed by atoms with Gasteiger partial charge in [0.2, 0.25) is 0 Å². The Labute approximate surface area is 333 Å². The van der Waals surface area contributed by atoms with E-state index in [4.69, 9.17) is 19.4 Å². The summed E-state index contributed by atoms with van der Waals surface area (Å²) in [6.45, 7) is 0. The van der Waals surface area contributed by atoms with E-state index in [9.17, 15) is 0 Å². The van der Waals surface area contributed by atoms with Gasteiger partial charge in [-0.2, -0.15) is 0 Å². The molecule has 0 amide bonds. The highest BCUT2D eigenvalue weighted by molar-refractivity contribution is 6.21. The van der Waals surface area contributed by atoms with Gasteiger partial charge in [0.05, 0.1) is 16.7 Å². The van der Waals surface area contributed by atoms with Gasteiger partial charge in [-0.15, -0.1) is 0 Å². The topological polar surface area (TPSA) is 56.7 Å². The van der Waals surface area contributed by atoms with Crippen LogP contribution in [0.4, 0.5) is 0 Å². The molecule has 3 heterocycles. The molecule has 0 fully saturated rings. The van der Waals surface area contributed by atoms with Crippen molar-refractivity contribution >= 4 is 65.3 Å². The molecule has 0 saturated carbocycles. The van der Waals surface area contributed by atoms with Gasteiger partial charge in [-0.3, -0.25) is 0 Å². The minimum atomic E-state index is 0.606. The monoisotopic (exact) mass is 740 g/mol. The highest BCUT2D eigenvalue weighted by Gasteiger charge is 2.21. The second-order valence-electron chi connectivity index (χ2n) is 14.8. The number of furan rings is 1. The molecule has 0 aliphatic carbocycles. The molecule has 9 aromatic carbocycles. The molecular formula is C53H32N4O. The van der Waals surface area contributed by atoms with Crippen molar-refractivity contribution in [3.05, 3.63) is 194 Å². The first-order valence-electron chi connectivity index (χ1n) is 19.5. The van der Waals surface area contributed by atoms with Crippen LogP contribution in [0.3, 0.4) is 0 Å². The van der Waals surface area contributed by atoms with Crippen molar-refractivity contribution in [1.29, 1.82) is 0 Å². The number of hydrogen-bond acceptors (Lipinski definition) is 4. The molecule has 12 aromatic rings. The lowest BCUT2D eigenvalue weighted by molar-refractivity contribution is 0.669. The third-order valence-corrected chi connectivity index (χ3v) is 11.4. The van der Waals surface area contributed by atoms with Gasteiger partial charge >= 0.3 is 0 Å². The molecule has 0 atom stereocenters. The second-order valence-corrected chi connectivity index (χ2v) is 14.8. The van der Waals surface area contributed by atoms with Crippen molar-refractivity contribution in [2.75, 3.05) is 0 Å². The highest BCUT2D eigenvalue weighted by atomic mass is 16.3. The van der Waals surface area contributed by atoms with Crippen LogP contribution in [0.15, 0.2) is 199 Å². The van der Waals surface area contributed by atoms with Gasteiger partial charge in [-0.1, -0.05) is 146 Å². The molecule has 0 N–H and O–H groups in total. The Morgan fingerprint density at radius 1 is 0.345 bits per heavy atom. The lowest BCUT2D eigenvalue weighted by Gasteiger charge is -2.17. The summed E-state index contributed by atoms with van der Waals surface area (Å²) in [5.74, 6) is 1.86. The van der Waals surface area contributed by atoms with Crippen LogP contribution >= 0.6 is 0 Å². The minimum absolute atomic E-state index is 0.606. The van der Waals surface area contributed by atoms with Crippen LogP contribution in [-0.2, 0) is 0 Å². The van der Waals surface area contributed by atoms with Crippen molar-refractivity contribution in [3.63, 3.8) is 0 Å². The fourth-order valence-corrected chi connectivity index (χ4v) is 8.65. The molecule has 12 rings (SSSR count). The largest absolute Gasteiger partial charge is 0.456 e. The maximum Gasteiger partial charge on any atom is 0.164 e. The summed E-state index contributed by atoms with van der Waals surface area (Å²) in [7, 11) is 0. The van der Waals surface area contributed by atoms with E-state index in [1.807, 2.05) is 72.8 Å². The summed E-state index contributed by atoms with van der Waals surface area (Å²) >= 11 is 0. The quantitative estimate of drug-likeness (QED) is 0.176. The molecule has 3 aromatic heterocycles. The average Bonchev–Trinajstić information content (AvgIpc) is 3.83. The Kier molecular flexibility index (Phi) is 7.16. The molecule has 5 nitrogen and oxygen atoms in total. The maximum absolute atomic E-state index is 6.32. The van der Waals surface area contributed by atoms with E-state index in [0.717, 1.165) is 61.0 Å². The Balaban J connectivity index is 1.18. The molecular weight excluding hydrogens is 709 g/mol. The van der Waals surface area contributed by atoms with E-state index in [1.165, 1.54) is 37.8 Å². The van der Waals surface area contributed by atoms with Crippen molar-refractivity contribution in [3.8, 4) is 51.0 Å². The molecule has 0 spiro atoms. The van der Waals surface area contributed by atoms with Gasteiger partial charge in [-0.05, 0) is 70.3 Å². The SMILES string of the molecule is c1ccc(-c2nc(-c3ccccc3)nc(-c3ccc(-n4c5cc6ccccc6cc5c5ccc6ccccc6c54)c(-c4ccc5oc6ccccc6c5c4)c3)n2)cc1. The van der Waals surface area contributed by atoms with E-state index in [2.05, 4.69) is 126 Å². The fraction of sp³-hybridized carbons (Fsp3) is 0. The van der Waals surface area contributed by atoms with Crippen LogP contribution in [0.5, 0.6) is 0 Å². The number of fused-ring (bicyclic) bond motifs is 9. The van der Waals surface area contributed by atoms with Crippen LogP contribution in [0, 0.1) is 0 Å². The van der Waals surface area contributed by atoms with E-state index in [-0.39, 0.29) is 0 Å². The third kappa shape index (κ3) is 5.14. The van der Waals surface area contributed by atoms with Crippen LogP contribution < -0.4 is 0 Å². The molecule has 0 saturated heterocycles. The molecule has 270 valence electrons. The lowest BCUT2D eigenvalue weighted by atomic mass is 9.98. The van der Waals surface area contributed by atoms with Crippen molar-refractivity contribution in [1.82, 2.24) is 19.5 Å². The van der Waals surface area contributed by atoms with Gasteiger partial charge in [0.1, 0.15) is 11.2 Å². The molecule has 5 heteroatoms. The summed E-state index contributed by atoms with van der Waals surface area (Å²) in [5.41, 5.74) is 9.97. The summed E-state index contributed by atoms with van der Waals surface area (Å²) in [6, 6.07) is 68.2. The van der Waals surface area contributed by atoms with Crippen molar-refractivity contribution in [2.24, 2.45) is 0 Å². The summed E-state index contributed by atoms with van der Waals surface area (Å²) < 4.78 is 8.79. The Bertz CT molecular complexity index is 3510. The molecule has 0 aliphatic rings. The average molecular weight is 741 g/mol. The lowest BCUT2D eigenvalue weighted by Crippen LogP contribution is -2.02. The first-order chi connectivity index (χ1) is 28.7. The second kappa shape index (κ2) is 12.8. The molecule has 0 radical (unpaired) electrons. The molecule has 0 unspecified atom stereocenters. The summed E-state index contributed by atoms with van der Waals surface area (Å²) in [5, 5.41) is 9.38. The zero-order chi connectivity index (χ0) is 38.2. The fourth-order valence-electron chi connectivity index (χ4n) is 8.65. The van der Waals surface area contributed by atoms with Gasteiger partial charge in [0.15, 0.2) is 17.5 Å². The predicted octanol–water partition coefficient (Wildman–Crippen LogP) is 13.8. The van der Waals surface area contributed by atoms with Gasteiger partial charge < -0.3 is 8.98 Å². The smallest absolute Gasteiger partial charge is 0.164 e. The van der Waals surface area contributed by atoms with Crippen LogP contribution in [0.2, 0.25) is 0 Å². The minimum Gasteiger partial charge on any atom is -0.456 e. The first-order valence-corrected chi connectivity index (χ1v) is 19.5. The Morgan fingerprint density at radius 3 is 1.67 bits per heavy atom. The normalized spacial score (nSPS) is 11.8. The maximum atomic E-state index is 6.32. The van der Waals surface area contributed by atoms with Crippen LogP contribution in [0.25, 0.3) is 116 Å². The van der Waals surface area contributed by atoms with E-state index in [0.29, 0.717) is 17.5 Å². The number of nitrogens with zero attached hydrogens (tertiary/aromatic N) is 4. The van der Waals surface area contributed by atoms with E-state index >= 15 is 0 Å². The van der Waals surface area contributed by atoms with Crippen molar-refractivity contribution in [2.45, 2.75) is 0 Å². The zero-order valence-electron chi connectivity index (χ0n) is 31.2. The van der Waals surface area contributed by atoms with Gasteiger partial charge in [0, 0.05) is 49.2 Å². The summed E-state index contributed by atoms with van der Waals surface area (Å²) in [6.07, 6.45) is 0. The number of aromatic nitrogens is 4. The zero-order valence-corrected chi connectivity index (χ0v) is 31.2. The Morgan fingerprint density at radius 2 is 0.931 bits per heavy atom. The standard InChI is InChI=1S/C53H32N4O/c1-3-14-34(15-4-1)51-54-52(35-16-5-2-6-17-35)56-53(55-51)39-24-27-46(43(31-39)38-25-28-49-45(30-38)41-21-11-12-22-48(41)58-49)57-47-32-37-19-8-7-18-36(37)29-44(47)42-26-23-33-13-9-10-20-40(33)50(42)57/h1-32H. The number of benzene rings is 9. The van der Waals surface area contributed by atoms with Gasteiger partial charge in [-0.25, -0.2) is 15.0 Å². The highest BCUT2D eigenvalue weighted by Crippen LogP contribution is 2.43. The van der Waals surface area contributed by atoms with Crippen LogP contribution in [-0.4, -0.2) is 19.5 Å². The van der Waals surface area contributed by atoms with Gasteiger partial charge in [0.25, 0.3) is 0 Å². The molecule has 0 aliphatic heterocycles. The predicted molar refractivity (Wildman–Crippen MR) is 238 cm³/mol. The van der Waals surface area contributed by atoms with Crippen LogP contribution in [0.1, 0.15) is 0 Å². The number of hydrogen-bond donors (Lipinski definition) is 0. The summed E-state index contributed by atoms with van der Waals surface area (Å²) in [4.78, 5) is 15.3.